The Balaban J connectivity index is 2.11. The van der Waals surface area contributed by atoms with E-state index >= 15 is 0 Å². The first-order valence-corrected chi connectivity index (χ1v) is 12.3. The van der Waals surface area contributed by atoms with E-state index in [-0.39, 0.29) is 17.6 Å². The van der Waals surface area contributed by atoms with Crippen LogP contribution < -0.4 is 5.32 Å². The lowest BCUT2D eigenvalue weighted by Crippen LogP contribution is -2.50. The Labute approximate surface area is 199 Å². The summed E-state index contributed by atoms with van der Waals surface area (Å²) in [6, 6.07) is 14.5. The van der Waals surface area contributed by atoms with Gasteiger partial charge in [-0.1, -0.05) is 68.2 Å². The van der Waals surface area contributed by atoms with Crippen molar-refractivity contribution in [2.24, 2.45) is 5.92 Å². The third kappa shape index (κ3) is 8.76. The number of rotatable bonds is 11. The number of benzene rings is 2. The normalized spacial score (nSPS) is 11.9. The molecule has 1 unspecified atom stereocenters. The van der Waals surface area contributed by atoms with Crippen molar-refractivity contribution in [3.8, 4) is 0 Å². The number of carbonyl (C=O) groups is 2. The van der Waals surface area contributed by atoms with Gasteiger partial charge in [0.15, 0.2) is 0 Å². The average Bonchev–Trinajstić information content (AvgIpc) is 2.73. The zero-order valence-electron chi connectivity index (χ0n) is 18.2. The monoisotopic (exact) mass is 480 g/mol. The van der Waals surface area contributed by atoms with Crippen molar-refractivity contribution >= 4 is 46.8 Å². The van der Waals surface area contributed by atoms with Crippen molar-refractivity contribution in [3.63, 3.8) is 0 Å². The number of nitrogens with one attached hydrogen (secondary N) is 1. The van der Waals surface area contributed by atoms with Gasteiger partial charge in [0.05, 0.1) is 5.75 Å². The molecule has 0 radical (unpaired) electrons. The van der Waals surface area contributed by atoms with Gasteiger partial charge in [0, 0.05) is 28.9 Å². The summed E-state index contributed by atoms with van der Waals surface area (Å²) in [4.78, 5) is 27.7. The molecule has 4 nitrogen and oxygen atoms in total. The second-order valence-electron chi connectivity index (χ2n) is 7.83. The number of halogens is 2. The lowest BCUT2D eigenvalue weighted by atomic mass is 10.1. The van der Waals surface area contributed by atoms with Gasteiger partial charge in [0.2, 0.25) is 11.8 Å². The van der Waals surface area contributed by atoms with Crippen LogP contribution in [0.3, 0.4) is 0 Å². The number of carbonyl (C=O) groups excluding carboxylic acids is 2. The van der Waals surface area contributed by atoms with Crippen LogP contribution in [0.1, 0.15) is 38.3 Å². The van der Waals surface area contributed by atoms with Crippen molar-refractivity contribution in [2.75, 3.05) is 12.3 Å². The van der Waals surface area contributed by atoms with Crippen LogP contribution in [0.4, 0.5) is 0 Å². The summed E-state index contributed by atoms with van der Waals surface area (Å²) in [5.41, 5.74) is 2.00. The molecule has 0 aliphatic rings. The standard InChI is InChI=1S/C24H30Cl2N2O2S/c1-4-22(24(30)27-13-17(2)3)28(14-18-8-10-20(25)11-9-18)23(29)16-31-15-19-6-5-7-21(26)12-19/h5-12,17,22H,4,13-16H2,1-3H3,(H,27,30). The van der Waals surface area contributed by atoms with Gasteiger partial charge in [0.1, 0.15) is 6.04 Å². The van der Waals surface area contributed by atoms with E-state index in [4.69, 9.17) is 23.2 Å². The number of nitrogens with zero attached hydrogens (tertiary/aromatic N) is 1. The van der Waals surface area contributed by atoms with Crippen LogP contribution >= 0.6 is 35.0 Å². The highest BCUT2D eigenvalue weighted by molar-refractivity contribution is 7.99. The first kappa shape index (κ1) is 25.6. The fourth-order valence-corrected chi connectivity index (χ4v) is 4.29. The molecule has 168 valence electrons. The quantitative estimate of drug-likeness (QED) is 0.441. The fraction of sp³-hybridized carbons (Fsp3) is 0.417. The zero-order valence-corrected chi connectivity index (χ0v) is 20.6. The van der Waals surface area contributed by atoms with Crippen molar-refractivity contribution < 1.29 is 9.59 Å². The van der Waals surface area contributed by atoms with E-state index in [1.54, 1.807) is 17.0 Å². The molecule has 0 saturated carbocycles. The topological polar surface area (TPSA) is 49.4 Å². The Morgan fingerprint density at radius 2 is 1.74 bits per heavy atom. The molecular weight excluding hydrogens is 451 g/mol. The van der Waals surface area contributed by atoms with Gasteiger partial charge < -0.3 is 10.2 Å². The first-order chi connectivity index (χ1) is 14.8. The van der Waals surface area contributed by atoms with Gasteiger partial charge in [-0.2, -0.15) is 0 Å². The highest BCUT2D eigenvalue weighted by atomic mass is 35.5. The summed E-state index contributed by atoms with van der Waals surface area (Å²) in [5.74, 6) is 1.13. The highest BCUT2D eigenvalue weighted by Crippen LogP contribution is 2.20. The summed E-state index contributed by atoms with van der Waals surface area (Å²) >= 11 is 13.6. The molecule has 0 spiro atoms. The average molecular weight is 481 g/mol. The summed E-state index contributed by atoms with van der Waals surface area (Å²) < 4.78 is 0. The zero-order chi connectivity index (χ0) is 22.8. The van der Waals surface area contributed by atoms with E-state index in [9.17, 15) is 9.59 Å². The van der Waals surface area contributed by atoms with Crippen LogP contribution in [-0.4, -0.2) is 35.1 Å². The highest BCUT2D eigenvalue weighted by Gasteiger charge is 2.28. The van der Waals surface area contributed by atoms with Gasteiger partial charge >= 0.3 is 0 Å². The van der Waals surface area contributed by atoms with Gasteiger partial charge in [-0.25, -0.2) is 0 Å². The third-order valence-electron chi connectivity index (χ3n) is 4.72. The summed E-state index contributed by atoms with van der Waals surface area (Å²) in [6.45, 7) is 6.97. The summed E-state index contributed by atoms with van der Waals surface area (Å²) in [7, 11) is 0. The molecule has 0 heterocycles. The van der Waals surface area contributed by atoms with Crippen molar-refractivity contribution in [3.05, 3.63) is 69.7 Å². The third-order valence-corrected chi connectivity index (χ3v) is 6.20. The van der Waals surface area contributed by atoms with Crippen molar-refractivity contribution in [1.82, 2.24) is 10.2 Å². The van der Waals surface area contributed by atoms with Gasteiger partial charge in [-0.15, -0.1) is 11.8 Å². The van der Waals surface area contributed by atoms with Gasteiger partial charge in [0.25, 0.3) is 0 Å². The largest absolute Gasteiger partial charge is 0.354 e. The van der Waals surface area contributed by atoms with E-state index in [1.807, 2.05) is 57.2 Å². The Hall–Kier alpha value is -1.69. The molecule has 1 N–H and O–H groups in total. The van der Waals surface area contributed by atoms with Crippen LogP contribution in [-0.2, 0) is 21.9 Å². The smallest absolute Gasteiger partial charge is 0.242 e. The molecule has 0 fully saturated rings. The van der Waals surface area contributed by atoms with Crippen LogP contribution in [0.5, 0.6) is 0 Å². The Kier molecular flexibility index (Phi) is 10.7. The summed E-state index contributed by atoms with van der Waals surface area (Å²) in [6.07, 6.45) is 0.544. The number of thioether (sulfide) groups is 1. The Bertz CT molecular complexity index is 859. The van der Waals surface area contributed by atoms with E-state index in [0.29, 0.717) is 41.2 Å². The molecule has 1 atom stereocenters. The number of hydrogen-bond donors (Lipinski definition) is 1. The SMILES string of the molecule is CCC(C(=O)NCC(C)C)N(Cc1ccc(Cl)cc1)C(=O)CSCc1cccc(Cl)c1. The van der Waals surface area contributed by atoms with Crippen LogP contribution in [0.2, 0.25) is 10.0 Å². The summed E-state index contributed by atoms with van der Waals surface area (Å²) in [5, 5.41) is 4.30. The maximum Gasteiger partial charge on any atom is 0.242 e. The fourth-order valence-electron chi connectivity index (χ4n) is 3.09. The van der Waals surface area contributed by atoms with Crippen LogP contribution in [0, 0.1) is 5.92 Å². The Morgan fingerprint density at radius 1 is 1.03 bits per heavy atom. The first-order valence-electron chi connectivity index (χ1n) is 10.4. The molecule has 0 aliphatic heterocycles. The van der Waals surface area contributed by atoms with Crippen LogP contribution in [0.15, 0.2) is 48.5 Å². The van der Waals surface area contributed by atoms with Crippen LogP contribution in [0.25, 0.3) is 0 Å². The van der Waals surface area contributed by atoms with E-state index in [1.165, 1.54) is 11.8 Å². The number of amides is 2. The predicted molar refractivity (Wildman–Crippen MR) is 132 cm³/mol. The molecule has 0 aliphatic carbocycles. The van der Waals surface area contributed by atoms with Gasteiger partial charge in [-0.3, -0.25) is 9.59 Å². The van der Waals surface area contributed by atoms with E-state index < -0.39 is 6.04 Å². The predicted octanol–water partition coefficient (Wildman–Crippen LogP) is 5.81. The maximum absolute atomic E-state index is 13.2. The van der Waals surface area contributed by atoms with E-state index in [2.05, 4.69) is 5.32 Å². The minimum Gasteiger partial charge on any atom is -0.354 e. The maximum atomic E-state index is 13.2. The second-order valence-corrected chi connectivity index (χ2v) is 9.69. The molecule has 31 heavy (non-hydrogen) atoms. The molecule has 2 amide bonds. The minimum atomic E-state index is -0.520. The molecule has 2 rings (SSSR count). The lowest BCUT2D eigenvalue weighted by Gasteiger charge is -2.31. The molecule has 0 bridgehead atoms. The molecule has 0 saturated heterocycles. The van der Waals surface area contributed by atoms with Gasteiger partial charge in [-0.05, 0) is 47.7 Å². The lowest BCUT2D eigenvalue weighted by molar-refractivity contribution is -0.139. The Morgan fingerprint density at radius 3 is 2.35 bits per heavy atom. The van der Waals surface area contributed by atoms with E-state index in [0.717, 1.165) is 11.1 Å². The van der Waals surface area contributed by atoms with Crippen molar-refractivity contribution in [2.45, 2.75) is 45.5 Å². The molecular formula is C24H30Cl2N2O2S. The molecule has 2 aromatic carbocycles. The molecule has 7 heteroatoms. The molecule has 0 aromatic heterocycles. The van der Waals surface area contributed by atoms with Crippen molar-refractivity contribution in [1.29, 1.82) is 0 Å². The second kappa shape index (κ2) is 13.0. The minimum absolute atomic E-state index is 0.0616. The molecule has 2 aromatic rings. The number of hydrogen-bond acceptors (Lipinski definition) is 3.